The van der Waals surface area contributed by atoms with Crippen LogP contribution in [0, 0.1) is 0 Å². The number of hydrogen-bond acceptors (Lipinski definition) is 3. The SMILES string of the molecule is CC1(C(=O)N2CC(CC(=O)O)c3ccccc32)CCCS1. The summed E-state index contributed by atoms with van der Waals surface area (Å²) in [6.45, 7) is 2.50. The molecular weight excluding hydrogens is 286 g/mol. The number of para-hydroxylation sites is 1. The highest BCUT2D eigenvalue weighted by Gasteiger charge is 2.44. The topological polar surface area (TPSA) is 57.6 Å². The maximum atomic E-state index is 12.9. The minimum Gasteiger partial charge on any atom is -0.481 e. The molecule has 1 amide bonds. The first-order valence-corrected chi connectivity index (χ1v) is 8.26. The van der Waals surface area contributed by atoms with Gasteiger partial charge in [0.15, 0.2) is 0 Å². The minimum absolute atomic E-state index is 0.0741. The number of thioether (sulfide) groups is 1. The monoisotopic (exact) mass is 305 g/mol. The summed E-state index contributed by atoms with van der Waals surface area (Å²) >= 11 is 1.72. The third-order valence-corrected chi connectivity index (χ3v) is 5.92. The van der Waals surface area contributed by atoms with E-state index >= 15 is 0 Å². The summed E-state index contributed by atoms with van der Waals surface area (Å²) in [7, 11) is 0. The fourth-order valence-corrected chi connectivity index (χ4v) is 4.57. The minimum atomic E-state index is -0.814. The van der Waals surface area contributed by atoms with Crippen molar-refractivity contribution in [1.82, 2.24) is 0 Å². The Labute approximate surface area is 128 Å². The van der Waals surface area contributed by atoms with Gasteiger partial charge in [0.1, 0.15) is 0 Å². The van der Waals surface area contributed by atoms with Gasteiger partial charge < -0.3 is 10.0 Å². The van der Waals surface area contributed by atoms with Crippen molar-refractivity contribution in [1.29, 1.82) is 0 Å². The van der Waals surface area contributed by atoms with Crippen LogP contribution < -0.4 is 4.90 Å². The number of fused-ring (bicyclic) bond motifs is 1. The van der Waals surface area contributed by atoms with Crippen LogP contribution >= 0.6 is 11.8 Å². The van der Waals surface area contributed by atoms with Gasteiger partial charge in [0.2, 0.25) is 5.91 Å². The van der Waals surface area contributed by atoms with E-state index in [4.69, 9.17) is 5.11 Å². The van der Waals surface area contributed by atoms with Crippen molar-refractivity contribution in [3.8, 4) is 0 Å². The molecule has 2 aliphatic heterocycles. The van der Waals surface area contributed by atoms with Crippen molar-refractivity contribution >= 4 is 29.3 Å². The molecule has 1 saturated heterocycles. The van der Waals surface area contributed by atoms with E-state index in [-0.39, 0.29) is 23.0 Å². The standard InChI is InChI=1S/C16H19NO3S/c1-16(7-4-8-21-16)15(20)17-10-11(9-14(18)19)12-5-2-3-6-13(12)17/h2-3,5-6,11H,4,7-10H2,1H3,(H,18,19). The zero-order chi connectivity index (χ0) is 15.0. The molecule has 1 N–H and O–H groups in total. The highest BCUT2D eigenvalue weighted by Crippen LogP contribution is 2.44. The summed E-state index contributed by atoms with van der Waals surface area (Å²) in [4.78, 5) is 25.8. The van der Waals surface area contributed by atoms with Crippen LogP contribution in [0.4, 0.5) is 5.69 Å². The molecule has 2 heterocycles. The van der Waals surface area contributed by atoms with Gasteiger partial charge in [-0.1, -0.05) is 18.2 Å². The first-order chi connectivity index (χ1) is 10.0. The number of aliphatic carboxylic acids is 1. The summed E-state index contributed by atoms with van der Waals surface area (Å²) in [5.41, 5.74) is 1.88. The first kappa shape index (κ1) is 14.4. The molecule has 0 bridgehead atoms. The van der Waals surface area contributed by atoms with Crippen LogP contribution in [0.15, 0.2) is 24.3 Å². The summed E-state index contributed by atoms with van der Waals surface area (Å²) in [5.74, 6) is 0.240. The Morgan fingerprint density at radius 1 is 1.43 bits per heavy atom. The van der Waals surface area contributed by atoms with Gasteiger partial charge >= 0.3 is 5.97 Å². The molecule has 2 aliphatic rings. The highest BCUT2D eigenvalue weighted by molar-refractivity contribution is 8.01. The lowest BCUT2D eigenvalue weighted by atomic mass is 9.98. The van der Waals surface area contributed by atoms with Crippen LogP contribution in [-0.2, 0) is 9.59 Å². The molecule has 21 heavy (non-hydrogen) atoms. The fraction of sp³-hybridized carbons (Fsp3) is 0.500. The van der Waals surface area contributed by atoms with Crippen molar-refractivity contribution in [2.24, 2.45) is 0 Å². The van der Waals surface area contributed by atoms with E-state index < -0.39 is 5.97 Å². The van der Waals surface area contributed by atoms with Crippen molar-refractivity contribution < 1.29 is 14.7 Å². The largest absolute Gasteiger partial charge is 0.481 e. The second-order valence-corrected chi connectivity index (χ2v) is 7.55. The maximum Gasteiger partial charge on any atom is 0.304 e. The Morgan fingerprint density at radius 3 is 2.86 bits per heavy atom. The van der Waals surface area contributed by atoms with Gasteiger partial charge in [-0.15, -0.1) is 11.8 Å². The van der Waals surface area contributed by atoms with E-state index in [0.29, 0.717) is 6.54 Å². The van der Waals surface area contributed by atoms with Gasteiger partial charge in [-0.3, -0.25) is 9.59 Å². The molecule has 3 rings (SSSR count). The lowest BCUT2D eigenvalue weighted by molar-refractivity contribution is -0.137. The number of hydrogen-bond donors (Lipinski definition) is 1. The van der Waals surface area contributed by atoms with E-state index in [1.165, 1.54) is 0 Å². The van der Waals surface area contributed by atoms with Gasteiger partial charge in [0.05, 0.1) is 11.2 Å². The Hall–Kier alpha value is -1.49. The Bertz CT molecular complexity index is 581. The molecule has 2 atom stereocenters. The number of benzene rings is 1. The predicted molar refractivity (Wildman–Crippen MR) is 83.9 cm³/mol. The molecule has 1 fully saturated rings. The van der Waals surface area contributed by atoms with Crippen LogP contribution in [-0.4, -0.2) is 34.0 Å². The van der Waals surface area contributed by atoms with Crippen LogP contribution in [0.1, 0.15) is 37.7 Å². The van der Waals surface area contributed by atoms with Crippen molar-refractivity contribution in [2.75, 3.05) is 17.2 Å². The molecule has 4 nitrogen and oxygen atoms in total. The molecule has 112 valence electrons. The Morgan fingerprint density at radius 2 is 2.19 bits per heavy atom. The molecular formula is C16H19NO3S. The molecule has 0 saturated carbocycles. The van der Waals surface area contributed by atoms with Gasteiger partial charge in [-0.05, 0) is 37.1 Å². The molecule has 0 spiro atoms. The number of carbonyl (C=O) groups is 2. The Kier molecular flexibility index (Phi) is 3.69. The third-order valence-electron chi connectivity index (χ3n) is 4.41. The van der Waals surface area contributed by atoms with Crippen molar-refractivity contribution in [2.45, 2.75) is 36.9 Å². The average Bonchev–Trinajstić information content (AvgIpc) is 3.04. The van der Waals surface area contributed by atoms with E-state index in [0.717, 1.165) is 29.8 Å². The molecule has 5 heteroatoms. The molecule has 1 aromatic carbocycles. The quantitative estimate of drug-likeness (QED) is 0.933. The van der Waals surface area contributed by atoms with Gasteiger partial charge in [-0.2, -0.15) is 0 Å². The molecule has 2 unspecified atom stereocenters. The van der Waals surface area contributed by atoms with E-state index in [1.807, 2.05) is 31.2 Å². The first-order valence-electron chi connectivity index (χ1n) is 7.28. The van der Waals surface area contributed by atoms with Crippen LogP contribution in [0.25, 0.3) is 0 Å². The van der Waals surface area contributed by atoms with Gasteiger partial charge in [-0.25, -0.2) is 0 Å². The number of carbonyl (C=O) groups excluding carboxylic acids is 1. The molecule has 0 aliphatic carbocycles. The summed E-state index contributed by atoms with van der Waals surface area (Å²) in [6.07, 6.45) is 2.05. The third kappa shape index (κ3) is 2.55. The smallest absolute Gasteiger partial charge is 0.304 e. The molecule has 0 aromatic heterocycles. The maximum absolute atomic E-state index is 12.9. The Balaban J connectivity index is 1.90. The number of rotatable bonds is 3. The average molecular weight is 305 g/mol. The van der Waals surface area contributed by atoms with Crippen LogP contribution in [0.2, 0.25) is 0 Å². The number of anilines is 1. The number of carboxylic acid groups (broad SMARTS) is 1. The summed E-state index contributed by atoms with van der Waals surface area (Å²) < 4.78 is -0.356. The van der Waals surface area contributed by atoms with Gasteiger partial charge in [0.25, 0.3) is 0 Å². The zero-order valence-electron chi connectivity index (χ0n) is 12.0. The molecule has 0 radical (unpaired) electrons. The predicted octanol–water partition coefficient (Wildman–Crippen LogP) is 2.88. The summed E-state index contributed by atoms with van der Waals surface area (Å²) in [6, 6.07) is 7.69. The van der Waals surface area contributed by atoms with E-state index in [1.54, 1.807) is 16.7 Å². The molecule has 1 aromatic rings. The lowest BCUT2D eigenvalue weighted by Crippen LogP contribution is -2.43. The van der Waals surface area contributed by atoms with Crippen molar-refractivity contribution in [3.63, 3.8) is 0 Å². The van der Waals surface area contributed by atoms with E-state index in [9.17, 15) is 9.59 Å². The van der Waals surface area contributed by atoms with Crippen LogP contribution in [0.5, 0.6) is 0 Å². The number of carboxylic acids is 1. The van der Waals surface area contributed by atoms with E-state index in [2.05, 4.69) is 0 Å². The summed E-state index contributed by atoms with van der Waals surface area (Å²) in [5, 5.41) is 9.08. The second kappa shape index (κ2) is 5.37. The van der Waals surface area contributed by atoms with Gasteiger partial charge in [0, 0.05) is 18.2 Å². The van der Waals surface area contributed by atoms with Crippen LogP contribution in [0.3, 0.4) is 0 Å². The number of nitrogens with zero attached hydrogens (tertiary/aromatic N) is 1. The second-order valence-electron chi connectivity index (χ2n) is 5.95. The zero-order valence-corrected chi connectivity index (χ0v) is 12.9. The fourth-order valence-electron chi connectivity index (χ4n) is 3.31. The highest BCUT2D eigenvalue weighted by atomic mass is 32.2. The lowest BCUT2D eigenvalue weighted by Gasteiger charge is -2.28. The number of amides is 1. The van der Waals surface area contributed by atoms with Crippen molar-refractivity contribution in [3.05, 3.63) is 29.8 Å². The normalized spacial score (nSPS) is 27.7.